The lowest BCUT2D eigenvalue weighted by Crippen LogP contribution is -2.47. The summed E-state index contributed by atoms with van der Waals surface area (Å²) in [6.07, 6.45) is 0. The first-order chi connectivity index (χ1) is 8.13. The minimum atomic E-state index is -1.29. The standard InChI is InChI=1S/C11H14N2O4/c14-7-9(10(15)16)13-11(17)12-6-8-4-2-1-3-5-8/h1-5,9,14H,6-7H2,(H,15,16)(H2,12,13,17)/t9-/m1/s1. The van der Waals surface area contributed by atoms with Gasteiger partial charge in [-0.3, -0.25) is 0 Å². The van der Waals surface area contributed by atoms with Gasteiger partial charge in [0.05, 0.1) is 6.61 Å². The van der Waals surface area contributed by atoms with Gasteiger partial charge in [-0.1, -0.05) is 30.3 Å². The van der Waals surface area contributed by atoms with Crippen molar-refractivity contribution < 1.29 is 19.8 Å². The van der Waals surface area contributed by atoms with Crippen LogP contribution in [0.2, 0.25) is 0 Å². The SMILES string of the molecule is O=C(NCc1ccccc1)N[C@H](CO)C(=O)O. The molecule has 0 aliphatic heterocycles. The zero-order valence-electron chi connectivity index (χ0n) is 9.09. The lowest BCUT2D eigenvalue weighted by atomic mass is 10.2. The summed E-state index contributed by atoms with van der Waals surface area (Å²) in [7, 11) is 0. The smallest absolute Gasteiger partial charge is 0.328 e. The highest BCUT2D eigenvalue weighted by Crippen LogP contribution is 1.96. The molecule has 0 aromatic heterocycles. The summed E-state index contributed by atoms with van der Waals surface area (Å²) in [5.41, 5.74) is 0.901. The molecule has 92 valence electrons. The molecule has 0 unspecified atom stereocenters. The fourth-order valence-corrected chi connectivity index (χ4v) is 1.17. The normalized spacial score (nSPS) is 11.6. The Morgan fingerprint density at radius 3 is 2.41 bits per heavy atom. The average Bonchev–Trinajstić information content (AvgIpc) is 2.34. The summed E-state index contributed by atoms with van der Waals surface area (Å²) in [4.78, 5) is 21.8. The monoisotopic (exact) mass is 238 g/mol. The summed E-state index contributed by atoms with van der Waals surface area (Å²) in [5, 5.41) is 21.9. The van der Waals surface area contributed by atoms with E-state index >= 15 is 0 Å². The number of nitrogens with one attached hydrogen (secondary N) is 2. The van der Waals surface area contributed by atoms with Gasteiger partial charge in [-0.25, -0.2) is 9.59 Å². The van der Waals surface area contributed by atoms with Crippen molar-refractivity contribution in [1.29, 1.82) is 0 Å². The third kappa shape index (κ3) is 4.52. The summed E-state index contributed by atoms with van der Waals surface area (Å²) >= 11 is 0. The lowest BCUT2D eigenvalue weighted by Gasteiger charge is -2.12. The van der Waals surface area contributed by atoms with Gasteiger partial charge in [0.25, 0.3) is 0 Å². The number of aliphatic hydroxyl groups excluding tert-OH is 1. The Hall–Kier alpha value is -2.08. The molecule has 1 aromatic carbocycles. The maximum Gasteiger partial charge on any atom is 0.328 e. The Morgan fingerprint density at radius 1 is 1.24 bits per heavy atom. The molecular weight excluding hydrogens is 224 g/mol. The van der Waals surface area contributed by atoms with Gasteiger partial charge >= 0.3 is 12.0 Å². The maximum atomic E-state index is 11.3. The Labute approximate surface area is 98.3 Å². The number of amides is 2. The van der Waals surface area contributed by atoms with Gasteiger partial charge in [0.2, 0.25) is 0 Å². The molecule has 1 atom stereocenters. The summed E-state index contributed by atoms with van der Waals surface area (Å²) in [5.74, 6) is -1.28. The molecule has 17 heavy (non-hydrogen) atoms. The summed E-state index contributed by atoms with van der Waals surface area (Å²) < 4.78 is 0. The number of benzene rings is 1. The molecule has 0 radical (unpaired) electrons. The highest BCUT2D eigenvalue weighted by molar-refractivity contribution is 5.82. The molecule has 4 N–H and O–H groups in total. The molecule has 0 saturated carbocycles. The molecule has 0 fully saturated rings. The highest BCUT2D eigenvalue weighted by atomic mass is 16.4. The Bertz CT molecular complexity index is 380. The molecular formula is C11H14N2O4. The number of aliphatic hydroxyl groups is 1. The Kier molecular flexibility index (Phi) is 4.96. The van der Waals surface area contributed by atoms with Crippen molar-refractivity contribution >= 4 is 12.0 Å². The van der Waals surface area contributed by atoms with Gasteiger partial charge in [0.15, 0.2) is 6.04 Å². The van der Waals surface area contributed by atoms with Crippen LogP contribution in [0.5, 0.6) is 0 Å². The van der Waals surface area contributed by atoms with Crippen LogP contribution in [-0.4, -0.2) is 34.9 Å². The second kappa shape index (κ2) is 6.49. The minimum absolute atomic E-state index is 0.296. The van der Waals surface area contributed by atoms with Crippen LogP contribution in [0.4, 0.5) is 4.79 Å². The molecule has 6 heteroatoms. The minimum Gasteiger partial charge on any atom is -0.480 e. The Balaban J connectivity index is 2.37. The van der Waals surface area contributed by atoms with Gasteiger partial charge in [0.1, 0.15) is 0 Å². The molecule has 0 saturated heterocycles. The summed E-state index contributed by atoms with van der Waals surface area (Å²) in [6.45, 7) is -0.349. The molecule has 0 aliphatic carbocycles. The molecule has 0 aliphatic rings. The van der Waals surface area contributed by atoms with E-state index in [-0.39, 0.29) is 0 Å². The van der Waals surface area contributed by atoms with Crippen molar-refractivity contribution in [2.45, 2.75) is 12.6 Å². The van der Waals surface area contributed by atoms with Crippen LogP contribution in [0.3, 0.4) is 0 Å². The predicted octanol–water partition coefficient (Wildman–Crippen LogP) is -0.0687. The van der Waals surface area contributed by atoms with E-state index in [1.54, 1.807) is 0 Å². The fraction of sp³-hybridized carbons (Fsp3) is 0.273. The third-order valence-corrected chi connectivity index (χ3v) is 2.08. The van der Waals surface area contributed by atoms with E-state index in [1.807, 2.05) is 30.3 Å². The quantitative estimate of drug-likeness (QED) is 0.577. The summed E-state index contributed by atoms with van der Waals surface area (Å²) in [6, 6.07) is 7.28. The number of carboxylic acids is 1. The van der Waals surface area contributed by atoms with Crippen LogP contribution >= 0.6 is 0 Å². The lowest BCUT2D eigenvalue weighted by molar-refractivity contribution is -0.140. The number of hydrogen-bond acceptors (Lipinski definition) is 3. The largest absolute Gasteiger partial charge is 0.480 e. The molecule has 1 rings (SSSR count). The van der Waals surface area contributed by atoms with E-state index < -0.39 is 24.6 Å². The van der Waals surface area contributed by atoms with E-state index in [0.29, 0.717) is 6.54 Å². The van der Waals surface area contributed by atoms with Crippen LogP contribution in [0.15, 0.2) is 30.3 Å². The van der Waals surface area contributed by atoms with Crippen LogP contribution in [0.1, 0.15) is 5.56 Å². The first-order valence-corrected chi connectivity index (χ1v) is 5.05. The van der Waals surface area contributed by atoms with Gasteiger partial charge in [-0.15, -0.1) is 0 Å². The molecule has 1 aromatic rings. The van der Waals surface area contributed by atoms with Crippen LogP contribution in [0, 0.1) is 0 Å². The van der Waals surface area contributed by atoms with Crippen molar-refractivity contribution in [3.05, 3.63) is 35.9 Å². The van der Waals surface area contributed by atoms with E-state index in [1.165, 1.54) is 0 Å². The molecule has 2 amide bonds. The predicted molar refractivity (Wildman–Crippen MR) is 60.3 cm³/mol. The zero-order chi connectivity index (χ0) is 12.7. The van der Waals surface area contributed by atoms with Crippen molar-refractivity contribution in [3.63, 3.8) is 0 Å². The number of carboxylic acid groups (broad SMARTS) is 1. The number of hydrogen-bond donors (Lipinski definition) is 4. The average molecular weight is 238 g/mol. The molecule has 0 bridgehead atoms. The number of carbonyl (C=O) groups is 2. The van der Waals surface area contributed by atoms with Gasteiger partial charge in [-0.05, 0) is 5.56 Å². The van der Waals surface area contributed by atoms with Gasteiger partial charge < -0.3 is 20.8 Å². The third-order valence-electron chi connectivity index (χ3n) is 2.08. The topological polar surface area (TPSA) is 98.7 Å². The first kappa shape index (κ1) is 13.0. The Morgan fingerprint density at radius 2 is 1.88 bits per heavy atom. The van der Waals surface area contributed by atoms with Crippen molar-refractivity contribution in [1.82, 2.24) is 10.6 Å². The van der Waals surface area contributed by atoms with E-state index in [9.17, 15) is 9.59 Å². The first-order valence-electron chi connectivity index (χ1n) is 5.05. The number of carbonyl (C=O) groups excluding carboxylic acids is 1. The van der Waals surface area contributed by atoms with Crippen LogP contribution in [0.25, 0.3) is 0 Å². The second-order valence-electron chi connectivity index (χ2n) is 3.39. The maximum absolute atomic E-state index is 11.3. The van der Waals surface area contributed by atoms with Crippen molar-refractivity contribution in [3.8, 4) is 0 Å². The van der Waals surface area contributed by atoms with Crippen LogP contribution in [-0.2, 0) is 11.3 Å². The van der Waals surface area contributed by atoms with E-state index in [2.05, 4.69) is 10.6 Å². The van der Waals surface area contributed by atoms with Crippen molar-refractivity contribution in [2.24, 2.45) is 0 Å². The van der Waals surface area contributed by atoms with E-state index in [0.717, 1.165) is 5.56 Å². The van der Waals surface area contributed by atoms with Gasteiger partial charge in [-0.2, -0.15) is 0 Å². The zero-order valence-corrected chi connectivity index (χ0v) is 9.09. The van der Waals surface area contributed by atoms with Gasteiger partial charge in [0, 0.05) is 6.54 Å². The molecule has 0 spiro atoms. The highest BCUT2D eigenvalue weighted by Gasteiger charge is 2.18. The number of aliphatic carboxylic acids is 1. The van der Waals surface area contributed by atoms with E-state index in [4.69, 9.17) is 10.2 Å². The van der Waals surface area contributed by atoms with Crippen molar-refractivity contribution in [2.75, 3.05) is 6.61 Å². The number of urea groups is 1. The molecule has 6 nitrogen and oxygen atoms in total. The fourth-order valence-electron chi connectivity index (χ4n) is 1.17. The number of rotatable bonds is 5. The second-order valence-corrected chi connectivity index (χ2v) is 3.39. The molecule has 0 heterocycles. The van der Waals surface area contributed by atoms with Crippen LogP contribution < -0.4 is 10.6 Å².